The third kappa shape index (κ3) is 2.41. The van der Waals surface area contributed by atoms with Crippen LogP contribution in [0, 0.1) is 5.92 Å². The van der Waals surface area contributed by atoms with Gasteiger partial charge in [-0.3, -0.25) is 9.36 Å². The Morgan fingerprint density at radius 1 is 1.42 bits per heavy atom. The molecule has 1 saturated carbocycles. The molecule has 0 aromatic rings. The van der Waals surface area contributed by atoms with Gasteiger partial charge in [0.2, 0.25) is 0 Å². The Bertz CT molecular complexity index is 213. The maximum Gasteiger partial charge on any atom is 0.337 e. The number of hydrogen-bond donors (Lipinski definition) is 0. The number of carbonyl (C=O) groups excluding carboxylic acids is 1. The van der Waals surface area contributed by atoms with E-state index < -0.39 is 7.60 Å². The number of carbonyl (C=O) groups is 1. The molecule has 1 aliphatic carbocycles. The summed E-state index contributed by atoms with van der Waals surface area (Å²) >= 11 is 0. The van der Waals surface area contributed by atoms with Crippen LogP contribution in [0.1, 0.15) is 12.8 Å². The molecule has 0 aliphatic heterocycles. The summed E-state index contributed by atoms with van der Waals surface area (Å²) in [7, 11) is -0.509. The molecule has 12 heavy (non-hydrogen) atoms. The first-order valence-corrected chi connectivity index (χ1v) is 5.57. The van der Waals surface area contributed by atoms with Gasteiger partial charge in [-0.25, -0.2) is 0 Å². The fourth-order valence-corrected chi connectivity index (χ4v) is 1.98. The van der Waals surface area contributed by atoms with E-state index in [9.17, 15) is 9.36 Å². The van der Waals surface area contributed by atoms with Crippen LogP contribution in [0.3, 0.4) is 0 Å². The highest BCUT2D eigenvalue weighted by molar-refractivity contribution is 7.54. The van der Waals surface area contributed by atoms with Crippen molar-refractivity contribution in [3.63, 3.8) is 0 Å². The van der Waals surface area contributed by atoms with Crippen molar-refractivity contribution in [2.45, 2.75) is 12.8 Å². The van der Waals surface area contributed by atoms with Crippen LogP contribution in [0.2, 0.25) is 0 Å². The maximum atomic E-state index is 11.4. The third-order valence-corrected chi connectivity index (χ3v) is 3.75. The second-order valence-corrected chi connectivity index (χ2v) is 5.14. The first kappa shape index (κ1) is 9.90. The van der Waals surface area contributed by atoms with Crippen LogP contribution in [0.25, 0.3) is 0 Å². The van der Waals surface area contributed by atoms with Gasteiger partial charge in [-0.2, -0.15) is 0 Å². The van der Waals surface area contributed by atoms with E-state index in [1.807, 2.05) is 0 Å². The Morgan fingerprint density at radius 3 is 2.25 bits per heavy atom. The average molecular weight is 192 g/mol. The lowest BCUT2D eigenvalue weighted by Gasteiger charge is -2.11. The fraction of sp³-hybridized carbons (Fsp3) is 0.857. The molecule has 0 spiro atoms. The average Bonchev–Trinajstić information content (AvgIpc) is 2.86. The van der Waals surface area contributed by atoms with Crippen molar-refractivity contribution in [1.29, 1.82) is 0 Å². The molecule has 0 aromatic heterocycles. The first-order valence-electron chi connectivity index (χ1n) is 3.84. The smallest absolute Gasteiger partial charge is 0.312 e. The fourth-order valence-electron chi connectivity index (χ4n) is 0.929. The van der Waals surface area contributed by atoms with E-state index in [0.717, 1.165) is 12.8 Å². The zero-order chi connectivity index (χ0) is 9.19. The van der Waals surface area contributed by atoms with E-state index in [2.05, 4.69) is 9.05 Å². The van der Waals surface area contributed by atoms with Gasteiger partial charge in [0.1, 0.15) is 11.9 Å². The molecule has 0 unspecified atom stereocenters. The van der Waals surface area contributed by atoms with Gasteiger partial charge >= 0.3 is 7.60 Å². The van der Waals surface area contributed by atoms with Gasteiger partial charge in [-0.15, -0.1) is 0 Å². The zero-order valence-corrected chi connectivity index (χ0v) is 8.17. The summed E-state index contributed by atoms with van der Waals surface area (Å²) in [5, 5.41) is 0. The molecule has 1 aliphatic rings. The molecule has 0 amide bonds. The molecule has 70 valence electrons. The molecule has 5 heteroatoms. The molecule has 1 fully saturated rings. The molecular formula is C7H13O4P. The minimum Gasteiger partial charge on any atom is -0.312 e. The summed E-state index contributed by atoms with van der Waals surface area (Å²) in [4.78, 5) is 11.2. The molecule has 0 aromatic carbocycles. The van der Waals surface area contributed by atoms with Crippen LogP contribution in [0.5, 0.6) is 0 Å². The molecule has 4 nitrogen and oxygen atoms in total. The quantitative estimate of drug-likeness (QED) is 0.618. The number of hydrogen-bond acceptors (Lipinski definition) is 4. The van der Waals surface area contributed by atoms with E-state index >= 15 is 0 Å². The Kier molecular flexibility index (Phi) is 3.04. The summed E-state index contributed by atoms with van der Waals surface area (Å²) in [6.45, 7) is 0. The Balaban J connectivity index is 2.46. The van der Waals surface area contributed by atoms with Gasteiger partial charge < -0.3 is 9.05 Å². The van der Waals surface area contributed by atoms with Crippen LogP contribution < -0.4 is 0 Å². The SMILES string of the molecule is COP(=O)(CC(=O)C1CC1)OC. The molecule has 0 bridgehead atoms. The predicted octanol–water partition coefficient (Wildman–Crippen LogP) is 1.45. The Hall–Kier alpha value is -0.180. The van der Waals surface area contributed by atoms with Crippen molar-refractivity contribution in [2.75, 3.05) is 20.4 Å². The lowest BCUT2D eigenvalue weighted by molar-refractivity contribution is -0.118. The molecule has 1 rings (SSSR count). The van der Waals surface area contributed by atoms with Crippen molar-refractivity contribution in [3.8, 4) is 0 Å². The van der Waals surface area contributed by atoms with Crippen LogP contribution in [0.15, 0.2) is 0 Å². The second-order valence-electron chi connectivity index (χ2n) is 2.87. The minimum absolute atomic E-state index is 0.00188. The van der Waals surface area contributed by atoms with Gasteiger partial charge in [-0.05, 0) is 12.8 Å². The summed E-state index contributed by atoms with van der Waals surface area (Å²) in [5.74, 6) is 0.116. The third-order valence-electron chi connectivity index (χ3n) is 1.94. The lowest BCUT2D eigenvalue weighted by atomic mass is 10.3. The van der Waals surface area contributed by atoms with E-state index in [1.54, 1.807) is 0 Å². The second kappa shape index (κ2) is 3.69. The molecule has 0 heterocycles. The van der Waals surface area contributed by atoms with E-state index in [-0.39, 0.29) is 17.9 Å². The highest BCUT2D eigenvalue weighted by Crippen LogP contribution is 2.48. The summed E-state index contributed by atoms with van der Waals surface area (Å²) in [6, 6.07) is 0. The first-order chi connectivity index (χ1) is 5.61. The highest BCUT2D eigenvalue weighted by atomic mass is 31.2. The van der Waals surface area contributed by atoms with Crippen molar-refractivity contribution < 1.29 is 18.4 Å². The normalized spacial score (nSPS) is 17.8. The van der Waals surface area contributed by atoms with E-state index in [0.29, 0.717) is 0 Å². The monoisotopic (exact) mass is 192 g/mol. The van der Waals surface area contributed by atoms with Crippen LogP contribution >= 0.6 is 7.60 Å². The van der Waals surface area contributed by atoms with E-state index in [4.69, 9.17) is 0 Å². The van der Waals surface area contributed by atoms with Crippen molar-refractivity contribution in [3.05, 3.63) is 0 Å². The topological polar surface area (TPSA) is 52.6 Å². The predicted molar refractivity (Wildman–Crippen MR) is 44.2 cm³/mol. The molecule has 0 saturated heterocycles. The number of ketones is 1. The van der Waals surface area contributed by atoms with Gasteiger partial charge in [0, 0.05) is 20.1 Å². The maximum absolute atomic E-state index is 11.4. The molecule has 0 N–H and O–H groups in total. The largest absolute Gasteiger partial charge is 0.337 e. The lowest BCUT2D eigenvalue weighted by Crippen LogP contribution is -2.09. The molecular weight excluding hydrogens is 179 g/mol. The van der Waals surface area contributed by atoms with Gasteiger partial charge in [0.15, 0.2) is 0 Å². The Morgan fingerprint density at radius 2 is 1.92 bits per heavy atom. The number of Topliss-reactive ketones (excluding diaryl/α,β-unsaturated/α-hetero) is 1. The van der Waals surface area contributed by atoms with Crippen molar-refractivity contribution >= 4 is 13.4 Å². The zero-order valence-electron chi connectivity index (χ0n) is 7.28. The van der Waals surface area contributed by atoms with Crippen molar-refractivity contribution in [2.24, 2.45) is 5.92 Å². The van der Waals surface area contributed by atoms with Crippen LogP contribution in [-0.2, 0) is 18.4 Å². The molecule has 0 radical (unpaired) electrons. The minimum atomic E-state index is -3.10. The Labute approximate surface area is 71.8 Å². The van der Waals surface area contributed by atoms with Crippen LogP contribution in [-0.4, -0.2) is 26.2 Å². The number of rotatable bonds is 5. The standard InChI is InChI=1S/C7H13O4P/c1-10-12(9,11-2)5-7(8)6-3-4-6/h6H,3-5H2,1-2H3. The van der Waals surface area contributed by atoms with Gasteiger partial charge in [-0.1, -0.05) is 0 Å². The van der Waals surface area contributed by atoms with Crippen molar-refractivity contribution in [1.82, 2.24) is 0 Å². The summed E-state index contributed by atoms with van der Waals surface area (Å²) < 4.78 is 20.7. The van der Waals surface area contributed by atoms with Crippen LogP contribution in [0.4, 0.5) is 0 Å². The van der Waals surface area contributed by atoms with E-state index in [1.165, 1.54) is 14.2 Å². The van der Waals surface area contributed by atoms with Gasteiger partial charge in [0.05, 0.1) is 0 Å². The summed E-state index contributed by atoms with van der Waals surface area (Å²) in [6.07, 6.45) is 1.77. The summed E-state index contributed by atoms with van der Waals surface area (Å²) in [5.41, 5.74) is 0. The highest BCUT2D eigenvalue weighted by Gasteiger charge is 2.35. The molecule has 0 atom stereocenters. The van der Waals surface area contributed by atoms with Gasteiger partial charge in [0.25, 0.3) is 0 Å².